The molecule has 2 heterocycles. The van der Waals surface area contributed by atoms with E-state index in [0.717, 1.165) is 37.1 Å². The first-order valence-corrected chi connectivity index (χ1v) is 9.13. The highest BCUT2D eigenvalue weighted by Crippen LogP contribution is 2.37. The summed E-state index contributed by atoms with van der Waals surface area (Å²) in [4.78, 5) is 8.97. The summed E-state index contributed by atoms with van der Waals surface area (Å²) in [5, 5.41) is 21.4. The Balaban J connectivity index is 2.12. The van der Waals surface area contributed by atoms with Crippen molar-refractivity contribution in [3.05, 3.63) is 22.1 Å². The zero-order valence-corrected chi connectivity index (χ0v) is 15.6. The third-order valence-corrected chi connectivity index (χ3v) is 4.69. The molecule has 2 rings (SSSR count). The van der Waals surface area contributed by atoms with Crippen molar-refractivity contribution >= 4 is 11.3 Å². The number of hydrogen-bond acceptors (Lipinski definition) is 7. The maximum atomic E-state index is 9.27. The first-order chi connectivity index (χ1) is 12.1. The fourth-order valence-electron chi connectivity index (χ4n) is 2.52. The number of aromatic nitrogens is 2. The van der Waals surface area contributed by atoms with Crippen LogP contribution in [0.1, 0.15) is 43.3 Å². The van der Waals surface area contributed by atoms with Crippen LogP contribution < -0.4 is 9.47 Å². The van der Waals surface area contributed by atoms with Gasteiger partial charge in [0.15, 0.2) is 11.5 Å². The molecule has 0 bridgehead atoms. The SMILES string of the molecule is COc1cc(C#N)nc(-c2csc(CCCCCC(C)O)n2)c1OC. The van der Waals surface area contributed by atoms with E-state index in [1.807, 2.05) is 18.4 Å². The van der Waals surface area contributed by atoms with Crippen molar-refractivity contribution in [2.45, 2.75) is 45.1 Å². The van der Waals surface area contributed by atoms with E-state index in [9.17, 15) is 5.11 Å². The lowest BCUT2D eigenvalue weighted by Gasteiger charge is -2.10. The van der Waals surface area contributed by atoms with Crippen molar-refractivity contribution < 1.29 is 14.6 Å². The number of aliphatic hydroxyl groups excluding tert-OH is 1. The monoisotopic (exact) mass is 361 g/mol. The van der Waals surface area contributed by atoms with Gasteiger partial charge in [0, 0.05) is 11.4 Å². The Hall–Kier alpha value is -2.17. The average Bonchev–Trinajstić information content (AvgIpc) is 3.08. The average molecular weight is 361 g/mol. The van der Waals surface area contributed by atoms with E-state index < -0.39 is 0 Å². The normalized spacial score (nSPS) is 11.8. The lowest BCUT2D eigenvalue weighted by atomic mass is 10.1. The van der Waals surface area contributed by atoms with Gasteiger partial charge in [-0.1, -0.05) is 12.8 Å². The lowest BCUT2D eigenvalue weighted by Crippen LogP contribution is -1.99. The lowest BCUT2D eigenvalue weighted by molar-refractivity contribution is 0.180. The second kappa shape index (κ2) is 9.35. The summed E-state index contributed by atoms with van der Waals surface area (Å²) in [5.74, 6) is 0.951. The molecular formula is C18H23N3O3S. The van der Waals surface area contributed by atoms with E-state index in [0.29, 0.717) is 22.9 Å². The van der Waals surface area contributed by atoms with Crippen LogP contribution in [-0.4, -0.2) is 35.4 Å². The van der Waals surface area contributed by atoms with Gasteiger partial charge in [0.1, 0.15) is 23.2 Å². The largest absolute Gasteiger partial charge is 0.493 e. The number of ether oxygens (including phenoxy) is 2. The third-order valence-electron chi connectivity index (χ3n) is 3.78. The number of thiazole rings is 1. The van der Waals surface area contributed by atoms with Gasteiger partial charge < -0.3 is 14.6 Å². The Morgan fingerprint density at radius 1 is 1.24 bits per heavy atom. The molecule has 0 aliphatic carbocycles. The minimum absolute atomic E-state index is 0.229. The number of hydrogen-bond donors (Lipinski definition) is 1. The van der Waals surface area contributed by atoms with E-state index in [1.54, 1.807) is 24.5 Å². The Kier molecular flexibility index (Phi) is 7.16. The quantitative estimate of drug-likeness (QED) is 0.687. The van der Waals surface area contributed by atoms with E-state index in [1.165, 1.54) is 7.11 Å². The van der Waals surface area contributed by atoms with Crippen molar-refractivity contribution in [3.63, 3.8) is 0 Å². The van der Waals surface area contributed by atoms with E-state index in [4.69, 9.17) is 14.7 Å². The molecule has 2 aromatic heterocycles. The molecule has 1 atom stereocenters. The highest BCUT2D eigenvalue weighted by molar-refractivity contribution is 7.09. The molecular weight excluding hydrogens is 338 g/mol. The van der Waals surface area contributed by atoms with Crippen molar-refractivity contribution in [2.75, 3.05) is 14.2 Å². The molecule has 6 nitrogen and oxygen atoms in total. The standard InChI is InChI=1S/C18H23N3O3S/c1-12(22)7-5-4-6-8-16-21-14(11-25-16)17-18(24-3)15(23-2)9-13(10-19)20-17/h9,11-12,22H,4-8H2,1-3H3. The molecule has 0 spiro atoms. The summed E-state index contributed by atoms with van der Waals surface area (Å²) in [6, 6.07) is 3.59. The van der Waals surface area contributed by atoms with Crippen LogP contribution in [0.3, 0.4) is 0 Å². The van der Waals surface area contributed by atoms with Crippen LogP contribution in [0.5, 0.6) is 11.5 Å². The van der Waals surface area contributed by atoms with E-state index in [-0.39, 0.29) is 11.8 Å². The van der Waals surface area contributed by atoms with Gasteiger partial charge in [-0.15, -0.1) is 11.3 Å². The fourth-order valence-corrected chi connectivity index (χ4v) is 3.34. The third kappa shape index (κ3) is 5.15. The fraction of sp³-hybridized carbons (Fsp3) is 0.500. The maximum absolute atomic E-state index is 9.27. The predicted octanol–water partition coefficient (Wildman–Crippen LogP) is 3.58. The summed E-state index contributed by atoms with van der Waals surface area (Å²) < 4.78 is 10.7. The maximum Gasteiger partial charge on any atom is 0.188 e. The summed E-state index contributed by atoms with van der Waals surface area (Å²) >= 11 is 1.58. The minimum atomic E-state index is -0.229. The molecule has 1 unspecified atom stereocenters. The molecule has 2 aromatic rings. The summed E-state index contributed by atoms with van der Waals surface area (Å²) in [7, 11) is 3.08. The zero-order chi connectivity index (χ0) is 18.2. The van der Waals surface area contributed by atoms with Crippen LogP contribution in [0.25, 0.3) is 11.4 Å². The Bertz CT molecular complexity index is 738. The molecule has 0 amide bonds. The van der Waals surface area contributed by atoms with Gasteiger partial charge in [0.05, 0.1) is 25.3 Å². The molecule has 134 valence electrons. The number of pyridine rings is 1. The second-order valence-electron chi connectivity index (χ2n) is 5.78. The molecule has 25 heavy (non-hydrogen) atoms. The van der Waals surface area contributed by atoms with Gasteiger partial charge in [-0.05, 0) is 26.2 Å². The van der Waals surface area contributed by atoms with Crippen LogP contribution in [-0.2, 0) is 6.42 Å². The smallest absolute Gasteiger partial charge is 0.188 e. The topological polar surface area (TPSA) is 88.3 Å². The molecule has 0 aromatic carbocycles. The van der Waals surface area contributed by atoms with Crippen molar-refractivity contribution in [1.82, 2.24) is 9.97 Å². The number of nitrogens with zero attached hydrogens (tertiary/aromatic N) is 3. The molecule has 0 saturated heterocycles. The minimum Gasteiger partial charge on any atom is -0.493 e. The number of aliphatic hydroxyl groups is 1. The number of aryl methyl sites for hydroxylation is 1. The second-order valence-corrected chi connectivity index (χ2v) is 6.72. The highest BCUT2D eigenvalue weighted by atomic mass is 32.1. The van der Waals surface area contributed by atoms with Crippen molar-refractivity contribution in [3.8, 4) is 29.0 Å². The van der Waals surface area contributed by atoms with Crippen LogP contribution in [0.15, 0.2) is 11.4 Å². The van der Waals surface area contributed by atoms with E-state index in [2.05, 4.69) is 9.97 Å². The predicted molar refractivity (Wildman–Crippen MR) is 97.0 cm³/mol. The summed E-state index contributed by atoms with van der Waals surface area (Å²) in [6.45, 7) is 1.82. The molecule has 0 fully saturated rings. The molecule has 1 N–H and O–H groups in total. The molecule has 0 radical (unpaired) electrons. The van der Waals surface area contributed by atoms with Gasteiger partial charge in [-0.2, -0.15) is 5.26 Å². The van der Waals surface area contributed by atoms with Gasteiger partial charge in [0.2, 0.25) is 0 Å². The first-order valence-electron chi connectivity index (χ1n) is 8.25. The van der Waals surface area contributed by atoms with Crippen LogP contribution >= 0.6 is 11.3 Å². The number of rotatable bonds is 9. The summed E-state index contributed by atoms with van der Waals surface area (Å²) in [5.41, 5.74) is 1.48. The molecule has 7 heteroatoms. The van der Waals surface area contributed by atoms with Crippen LogP contribution in [0.4, 0.5) is 0 Å². The highest BCUT2D eigenvalue weighted by Gasteiger charge is 2.18. The Morgan fingerprint density at radius 2 is 2.04 bits per heavy atom. The Morgan fingerprint density at radius 3 is 2.68 bits per heavy atom. The van der Waals surface area contributed by atoms with Gasteiger partial charge in [-0.25, -0.2) is 9.97 Å². The molecule has 0 aliphatic heterocycles. The zero-order valence-electron chi connectivity index (χ0n) is 14.8. The van der Waals surface area contributed by atoms with E-state index >= 15 is 0 Å². The van der Waals surface area contributed by atoms with Crippen LogP contribution in [0.2, 0.25) is 0 Å². The van der Waals surface area contributed by atoms with Crippen LogP contribution in [0, 0.1) is 11.3 Å². The van der Waals surface area contributed by atoms with Gasteiger partial charge in [-0.3, -0.25) is 0 Å². The van der Waals surface area contributed by atoms with Gasteiger partial charge in [0.25, 0.3) is 0 Å². The van der Waals surface area contributed by atoms with Crippen molar-refractivity contribution in [1.29, 1.82) is 5.26 Å². The number of methoxy groups -OCH3 is 2. The summed E-state index contributed by atoms with van der Waals surface area (Å²) in [6.07, 6.45) is 4.62. The molecule has 0 saturated carbocycles. The van der Waals surface area contributed by atoms with Crippen molar-refractivity contribution in [2.24, 2.45) is 0 Å². The molecule has 0 aliphatic rings. The number of unbranched alkanes of at least 4 members (excludes halogenated alkanes) is 2. The Labute approximate surface area is 152 Å². The first kappa shape index (κ1) is 19.2. The van der Waals surface area contributed by atoms with Gasteiger partial charge >= 0.3 is 0 Å². The number of nitriles is 1.